The quantitative estimate of drug-likeness (QED) is 0.399. The van der Waals surface area contributed by atoms with Gasteiger partial charge in [0, 0.05) is 23.3 Å². The molecule has 0 saturated heterocycles. The van der Waals surface area contributed by atoms with E-state index in [1.54, 1.807) is 25.6 Å². The van der Waals surface area contributed by atoms with Gasteiger partial charge in [0.05, 0.1) is 29.6 Å². The Balaban J connectivity index is 1.66. The van der Waals surface area contributed by atoms with Crippen molar-refractivity contribution in [2.45, 2.75) is 6.92 Å². The molecule has 0 radical (unpaired) electrons. The van der Waals surface area contributed by atoms with Crippen molar-refractivity contribution in [2.75, 3.05) is 7.11 Å². The van der Waals surface area contributed by atoms with Crippen LogP contribution in [0.5, 0.6) is 5.75 Å². The number of carbonyl (C=O) groups is 1. The second-order valence-electron chi connectivity index (χ2n) is 6.67. The van der Waals surface area contributed by atoms with Crippen LogP contribution in [-0.4, -0.2) is 28.7 Å². The molecule has 0 aliphatic rings. The van der Waals surface area contributed by atoms with Crippen molar-refractivity contribution < 1.29 is 9.53 Å². The first-order valence-corrected chi connectivity index (χ1v) is 9.45. The fraction of sp³-hybridized carbons (Fsp3) is 0.0833. The summed E-state index contributed by atoms with van der Waals surface area (Å²) in [4.78, 5) is 21.7. The minimum absolute atomic E-state index is 0.295. The molecule has 0 aliphatic carbocycles. The number of nitrogens with zero attached hydrogens (tertiary/aromatic N) is 3. The van der Waals surface area contributed by atoms with Crippen LogP contribution in [0.3, 0.4) is 0 Å². The van der Waals surface area contributed by atoms with E-state index in [0.29, 0.717) is 17.0 Å². The number of aromatic nitrogens is 2. The van der Waals surface area contributed by atoms with Crippen LogP contribution < -0.4 is 10.2 Å². The van der Waals surface area contributed by atoms with E-state index in [-0.39, 0.29) is 5.91 Å². The Morgan fingerprint density at radius 3 is 2.47 bits per heavy atom. The number of hydrazone groups is 1. The zero-order chi connectivity index (χ0) is 20.9. The van der Waals surface area contributed by atoms with E-state index >= 15 is 0 Å². The zero-order valence-corrected chi connectivity index (χ0v) is 16.7. The van der Waals surface area contributed by atoms with Gasteiger partial charge in [0.2, 0.25) is 0 Å². The Morgan fingerprint density at radius 2 is 1.73 bits per heavy atom. The number of carbonyl (C=O) groups excluding carboxylic acids is 1. The van der Waals surface area contributed by atoms with Crippen molar-refractivity contribution in [1.29, 1.82) is 0 Å². The molecule has 6 heteroatoms. The van der Waals surface area contributed by atoms with Crippen molar-refractivity contribution >= 4 is 22.5 Å². The van der Waals surface area contributed by atoms with Crippen LogP contribution in [0.2, 0.25) is 0 Å². The molecule has 4 rings (SSSR count). The van der Waals surface area contributed by atoms with Gasteiger partial charge in [-0.1, -0.05) is 18.2 Å². The number of fused-ring (bicyclic) bond motifs is 1. The summed E-state index contributed by atoms with van der Waals surface area (Å²) in [5, 5.41) is 5.05. The Bertz CT molecular complexity index is 1220. The minimum Gasteiger partial charge on any atom is -0.497 e. The SMILES string of the molecule is COc1ccc(/C(C)=N/NC(=O)c2cc(-c3ccncc3)nc3ccccc23)cc1. The number of amides is 1. The maximum atomic E-state index is 13.0. The molecule has 2 aromatic heterocycles. The predicted molar refractivity (Wildman–Crippen MR) is 118 cm³/mol. The Hall–Kier alpha value is -4.06. The summed E-state index contributed by atoms with van der Waals surface area (Å²) in [7, 11) is 1.62. The Morgan fingerprint density at radius 1 is 1.00 bits per heavy atom. The molecular formula is C24H20N4O2. The van der Waals surface area contributed by atoms with Gasteiger partial charge >= 0.3 is 0 Å². The molecule has 6 nitrogen and oxygen atoms in total. The first-order valence-electron chi connectivity index (χ1n) is 9.45. The second kappa shape index (κ2) is 8.53. The van der Waals surface area contributed by atoms with Crippen LogP contribution in [0.15, 0.2) is 84.2 Å². The zero-order valence-electron chi connectivity index (χ0n) is 16.7. The number of para-hydroxylation sites is 1. The predicted octanol–water partition coefficient (Wildman–Crippen LogP) is 4.46. The third-order valence-electron chi connectivity index (χ3n) is 4.77. The molecule has 30 heavy (non-hydrogen) atoms. The second-order valence-corrected chi connectivity index (χ2v) is 6.67. The van der Waals surface area contributed by atoms with E-state index in [4.69, 9.17) is 9.72 Å². The highest BCUT2D eigenvalue weighted by atomic mass is 16.5. The maximum absolute atomic E-state index is 13.0. The van der Waals surface area contributed by atoms with E-state index in [1.807, 2.05) is 67.6 Å². The van der Waals surface area contributed by atoms with Crippen LogP contribution in [0.1, 0.15) is 22.8 Å². The van der Waals surface area contributed by atoms with Gasteiger partial charge in [0.15, 0.2) is 0 Å². The summed E-state index contributed by atoms with van der Waals surface area (Å²) < 4.78 is 5.17. The number of ether oxygens (including phenoxy) is 1. The third-order valence-corrected chi connectivity index (χ3v) is 4.77. The summed E-state index contributed by atoms with van der Waals surface area (Å²) in [5.74, 6) is 0.472. The molecule has 0 fully saturated rings. The molecule has 0 unspecified atom stereocenters. The molecule has 0 atom stereocenters. The number of nitrogens with one attached hydrogen (secondary N) is 1. The van der Waals surface area contributed by atoms with Crippen LogP contribution in [-0.2, 0) is 0 Å². The molecule has 1 amide bonds. The van der Waals surface area contributed by atoms with E-state index < -0.39 is 0 Å². The summed E-state index contributed by atoms with van der Waals surface area (Å²) in [6.45, 7) is 1.84. The lowest BCUT2D eigenvalue weighted by atomic mass is 10.0. The van der Waals surface area contributed by atoms with Gasteiger partial charge in [-0.25, -0.2) is 10.4 Å². The van der Waals surface area contributed by atoms with Crippen LogP contribution in [0, 0.1) is 0 Å². The highest BCUT2D eigenvalue weighted by Crippen LogP contribution is 2.24. The molecule has 4 aromatic rings. The van der Waals surface area contributed by atoms with Crippen molar-refractivity contribution in [3.8, 4) is 17.0 Å². The molecule has 0 bridgehead atoms. The van der Waals surface area contributed by atoms with Gasteiger partial charge in [0.1, 0.15) is 5.75 Å². The molecular weight excluding hydrogens is 376 g/mol. The Labute approximate surface area is 174 Å². The van der Waals surface area contributed by atoms with Crippen LogP contribution in [0.25, 0.3) is 22.2 Å². The van der Waals surface area contributed by atoms with Gasteiger partial charge in [-0.05, 0) is 61.0 Å². The van der Waals surface area contributed by atoms with Crippen molar-refractivity contribution in [1.82, 2.24) is 15.4 Å². The highest BCUT2D eigenvalue weighted by molar-refractivity contribution is 6.08. The summed E-state index contributed by atoms with van der Waals surface area (Å²) in [5.41, 5.74) is 7.12. The number of benzene rings is 2. The van der Waals surface area contributed by atoms with Gasteiger partial charge in [-0.15, -0.1) is 0 Å². The molecule has 2 aromatic carbocycles. The van der Waals surface area contributed by atoms with Gasteiger partial charge < -0.3 is 4.74 Å². The van der Waals surface area contributed by atoms with Gasteiger partial charge in [-0.2, -0.15) is 5.10 Å². The molecule has 1 N–H and O–H groups in total. The van der Waals surface area contributed by atoms with Crippen LogP contribution in [0.4, 0.5) is 0 Å². The normalized spacial score (nSPS) is 11.3. The first-order chi connectivity index (χ1) is 14.7. The summed E-state index contributed by atoms with van der Waals surface area (Å²) >= 11 is 0. The van der Waals surface area contributed by atoms with E-state index in [2.05, 4.69) is 15.5 Å². The van der Waals surface area contributed by atoms with E-state index in [9.17, 15) is 4.79 Å². The average Bonchev–Trinajstić information content (AvgIpc) is 2.82. The number of pyridine rings is 2. The fourth-order valence-electron chi connectivity index (χ4n) is 3.13. The summed E-state index contributed by atoms with van der Waals surface area (Å²) in [6.07, 6.45) is 3.41. The van der Waals surface area contributed by atoms with Crippen LogP contribution >= 0.6 is 0 Å². The first kappa shape index (κ1) is 19.3. The van der Waals surface area contributed by atoms with E-state index in [1.165, 1.54) is 0 Å². The van der Waals surface area contributed by atoms with Gasteiger partial charge in [0.25, 0.3) is 5.91 Å². The molecule has 0 spiro atoms. The smallest absolute Gasteiger partial charge is 0.272 e. The topological polar surface area (TPSA) is 76.5 Å². The molecule has 148 valence electrons. The molecule has 0 saturated carbocycles. The third kappa shape index (κ3) is 4.03. The van der Waals surface area contributed by atoms with E-state index in [0.717, 1.165) is 27.8 Å². The van der Waals surface area contributed by atoms with Gasteiger partial charge in [-0.3, -0.25) is 9.78 Å². The lowest BCUT2D eigenvalue weighted by molar-refractivity contribution is 0.0956. The largest absolute Gasteiger partial charge is 0.497 e. The van der Waals surface area contributed by atoms with Crippen molar-refractivity contribution in [3.05, 3.63) is 90.3 Å². The molecule has 0 aliphatic heterocycles. The number of methoxy groups -OCH3 is 1. The lowest BCUT2D eigenvalue weighted by Gasteiger charge is -2.09. The fourth-order valence-corrected chi connectivity index (χ4v) is 3.13. The average molecular weight is 396 g/mol. The Kier molecular flexibility index (Phi) is 5.48. The molecule has 2 heterocycles. The number of rotatable bonds is 5. The minimum atomic E-state index is -0.295. The standard InChI is InChI=1S/C24H20N4O2/c1-16(17-7-9-19(30-2)10-8-17)27-28-24(29)21-15-23(18-11-13-25-14-12-18)26-22-6-4-3-5-20(21)22/h3-15H,1-2H3,(H,28,29)/b27-16+. The van der Waals surface area contributed by atoms with Crippen molar-refractivity contribution in [3.63, 3.8) is 0 Å². The number of hydrogen-bond acceptors (Lipinski definition) is 5. The monoisotopic (exact) mass is 396 g/mol. The number of hydrogen-bond donors (Lipinski definition) is 1. The summed E-state index contributed by atoms with van der Waals surface area (Å²) in [6, 6.07) is 20.6. The maximum Gasteiger partial charge on any atom is 0.272 e. The van der Waals surface area contributed by atoms with Crippen molar-refractivity contribution in [2.24, 2.45) is 5.10 Å². The highest BCUT2D eigenvalue weighted by Gasteiger charge is 2.14. The lowest BCUT2D eigenvalue weighted by Crippen LogP contribution is -2.20.